The fourth-order valence-electron chi connectivity index (χ4n) is 1.32. The predicted octanol–water partition coefficient (Wildman–Crippen LogP) is 2.95. The van der Waals surface area contributed by atoms with E-state index in [1.54, 1.807) is 0 Å². The van der Waals surface area contributed by atoms with Crippen molar-refractivity contribution in [2.75, 3.05) is 0 Å². The van der Waals surface area contributed by atoms with Crippen molar-refractivity contribution in [3.8, 4) is 0 Å². The summed E-state index contributed by atoms with van der Waals surface area (Å²) in [6.07, 6.45) is 12.5. The highest BCUT2D eigenvalue weighted by Gasteiger charge is 2.16. The average molecular weight is 149 g/mol. The summed E-state index contributed by atoms with van der Waals surface area (Å²) in [5, 5.41) is 0. The molecule has 0 aromatic rings. The monoisotopic (exact) mass is 149 g/mol. The lowest BCUT2D eigenvalue weighted by atomic mass is 9.87. The zero-order valence-electron chi connectivity index (χ0n) is 7.25. The Hall–Kier alpha value is -0.850. The third kappa shape index (κ3) is 2.34. The number of nitrogens with zero attached hydrogens (tertiary/aromatic N) is 1. The van der Waals surface area contributed by atoms with Crippen LogP contribution in [0.25, 0.3) is 0 Å². The largest absolute Gasteiger partial charge is 0.268 e. The zero-order chi connectivity index (χ0) is 8.16. The van der Waals surface area contributed by atoms with Gasteiger partial charge in [0.15, 0.2) is 0 Å². The van der Waals surface area contributed by atoms with Gasteiger partial charge >= 0.3 is 0 Å². The second-order valence-corrected chi connectivity index (χ2v) is 3.23. The van der Waals surface area contributed by atoms with Crippen molar-refractivity contribution < 1.29 is 0 Å². The van der Waals surface area contributed by atoms with E-state index >= 15 is 0 Å². The second kappa shape index (κ2) is 3.51. The van der Waals surface area contributed by atoms with Gasteiger partial charge in [-0.3, -0.25) is 4.99 Å². The molecule has 1 heteroatoms. The maximum absolute atomic E-state index is 4.17. The molecule has 0 saturated heterocycles. The van der Waals surface area contributed by atoms with Crippen molar-refractivity contribution in [3.63, 3.8) is 0 Å². The van der Waals surface area contributed by atoms with Crippen LogP contribution in [-0.4, -0.2) is 6.21 Å². The van der Waals surface area contributed by atoms with Gasteiger partial charge in [0.05, 0.1) is 0 Å². The molecule has 0 fully saturated rings. The molecule has 1 unspecified atom stereocenters. The SMILES string of the molecule is CCCC1(C)C=CC=CN=C1. The van der Waals surface area contributed by atoms with Gasteiger partial charge in [-0.2, -0.15) is 0 Å². The number of rotatable bonds is 2. The Balaban J connectivity index is 2.70. The minimum atomic E-state index is 0.179. The zero-order valence-corrected chi connectivity index (χ0v) is 7.25. The molecule has 11 heavy (non-hydrogen) atoms. The van der Waals surface area contributed by atoms with Gasteiger partial charge in [-0.25, -0.2) is 0 Å². The maximum Gasteiger partial charge on any atom is 0.0264 e. The van der Waals surface area contributed by atoms with Crippen LogP contribution in [0.5, 0.6) is 0 Å². The molecule has 0 radical (unpaired) electrons. The summed E-state index contributed by atoms with van der Waals surface area (Å²) in [5.74, 6) is 0. The molecular formula is C10H15N. The van der Waals surface area contributed by atoms with Crippen LogP contribution in [0.3, 0.4) is 0 Å². The first-order chi connectivity index (χ1) is 5.27. The second-order valence-electron chi connectivity index (χ2n) is 3.23. The fraction of sp³-hybridized carbons (Fsp3) is 0.500. The smallest absolute Gasteiger partial charge is 0.0264 e. The number of hydrogen-bond donors (Lipinski definition) is 0. The molecule has 0 aromatic heterocycles. The molecule has 1 aliphatic rings. The predicted molar refractivity (Wildman–Crippen MR) is 49.8 cm³/mol. The first-order valence-corrected chi connectivity index (χ1v) is 4.15. The van der Waals surface area contributed by atoms with Gasteiger partial charge in [0.1, 0.15) is 0 Å². The quantitative estimate of drug-likeness (QED) is 0.572. The molecular weight excluding hydrogens is 134 g/mol. The molecule has 60 valence electrons. The Morgan fingerprint density at radius 3 is 2.91 bits per heavy atom. The van der Waals surface area contributed by atoms with Gasteiger partial charge in [-0.15, -0.1) is 0 Å². The van der Waals surface area contributed by atoms with Crippen molar-refractivity contribution in [1.29, 1.82) is 0 Å². The van der Waals surface area contributed by atoms with Gasteiger partial charge < -0.3 is 0 Å². The molecule has 1 heterocycles. The van der Waals surface area contributed by atoms with Crippen molar-refractivity contribution in [2.24, 2.45) is 10.4 Å². The molecule has 0 aliphatic carbocycles. The summed E-state index contributed by atoms with van der Waals surface area (Å²) in [4.78, 5) is 4.17. The fourth-order valence-corrected chi connectivity index (χ4v) is 1.32. The van der Waals surface area contributed by atoms with Crippen molar-refractivity contribution in [2.45, 2.75) is 26.7 Å². The summed E-state index contributed by atoms with van der Waals surface area (Å²) in [5.41, 5.74) is 0.179. The topological polar surface area (TPSA) is 12.4 Å². The summed E-state index contributed by atoms with van der Waals surface area (Å²) >= 11 is 0. The van der Waals surface area contributed by atoms with Crippen LogP contribution < -0.4 is 0 Å². The van der Waals surface area contributed by atoms with Gasteiger partial charge in [0.2, 0.25) is 0 Å². The maximum atomic E-state index is 4.17. The van der Waals surface area contributed by atoms with Gasteiger partial charge in [0.25, 0.3) is 0 Å². The lowest BCUT2D eigenvalue weighted by Gasteiger charge is -2.18. The standard InChI is InChI=1S/C10H15N/c1-3-6-10(2)7-4-5-8-11-9-10/h4-5,7-9H,3,6H2,1-2H3. The first kappa shape index (κ1) is 8.25. The Morgan fingerprint density at radius 1 is 1.36 bits per heavy atom. The van der Waals surface area contributed by atoms with Crippen LogP contribution in [0.1, 0.15) is 26.7 Å². The van der Waals surface area contributed by atoms with Gasteiger partial charge in [-0.1, -0.05) is 32.4 Å². The average Bonchev–Trinajstić information content (AvgIpc) is 2.15. The van der Waals surface area contributed by atoms with Crippen molar-refractivity contribution in [1.82, 2.24) is 0 Å². The van der Waals surface area contributed by atoms with Crippen molar-refractivity contribution in [3.05, 3.63) is 24.4 Å². The lowest BCUT2D eigenvalue weighted by Crippen LogP contribution is -2.13. The Bertz CT molecular complexity index is 183. The molecule has 0 amide bonds. The van der Waals surface area contributed by atoms with Gasteiger partial charge in [-0.05, 0) is 12.5 Å². The highest BCUT2D eigenvalue weighted by atomic mass is 14.7. The van der Waals surface area contributed by atoms with E-state index in [0.717, 1.165) is 0 Å². The summed E-state index contributed by atoms with van der Waals surface area (Å²) in [6.45, 7) is 4.41. The number of aliphatic imine (C=N–C) groups is 1. The minimum Gasteiger partial charge on any atom is -0.268 e. The lowest BCUT2D eigenvalue weighted by molar-refractivity contribution is 0.541. The van der Waals surface area contributed by atoms with Crippen LogP contribution in [-0.2, 0) is 0 Å². The molecule has 0 aromatic carbocycles. The normalized spacial score (nSPS) is 28.9. The molecule has 1 aliphatic heterocycles. The van der Waals surface area contributed by atoms with Crippen LogP contribution >= 0.6 is 0 Å². The highest BCUT2D eigenvalue weighted by molar-refractivity contribution is 5.69. The van der Waals surface area contributed by atoms with E-state index in [4.69, 9.17) is 0 Å². The van der Waals surface area contributed by atoms with Crippen LogP contribution in [0, 0.1) is 5.41 Å². The van der Waals surface area contributed by atoms with E-state index in [2.05, 4.69) is 31.0 Å². The van der Waals surface area contributed by atoms with Gasteiger partial charge in [0, 0.05) is 17.8 Å². The molecule has 0 spiro atoms. The summed E-state index contributed by atoms with van der Waals surface area (Å²) < 4.78 is 0. The van der Waals surface area contributed by atoms with E-state index in [1.165, 1.54) is 12.8 Å². The molecule has 0 bridgehead atoms. The minimum absolute atomic E-state index is 0.179. The van der Waals surface area contributed by atoms with E-state index in [1.807, 2.05) is 18.5 Å². The molecule has 0 saturated carbocycles. The molecule has 0 N–H and O–H groups in total. The highest BCUT2D eigenvalue weighted by Crippen LogP contribution is 2.23. The third-order valence-electron chi connectivity index (χ3n) is 1.92. The number of allylic oxidation sites excluding steroid dienone is 3. The molecule has 1 atom stereocenters. The summed E-state index contributed by atoms with van der Waals surface area (Å²) in [6, 6.07) is 0. The van der Waals surface area contributed by atoms with E-state index in [-0.39, 0.29) is 5.41 Å². The van der Waals surface area contributed by atoms with E-state index in [9.17, 15) is 0 Å². The molecule has 1 rings (SSSR count). The summed E-state index contributed by atoms with van der Waals surface area (Å²) in [7, 11) is 0. The molecule has 1 nitrogen and oxygen atoms in total. The van der Waals surface area contributed by atoms with Crippen molar-refractivity contribution >= 4 is 6.21 Å². The first-order valence-electron chi connectivity index (χ1n) is 4.15. The van der Waals surface area contributed by atoms with E-state index in [0.29, 0.717) is 0 Å². The Morgan fingerprint density at radius 2 is 2.18 bits per heavy atom. The third-order valence-corrected chi connectivity index (χ3v) is 1.92. The van der Waals surface area contributed by atoms with E-state index < -0.39 is 0 Å². The van der Waals surface area contributed by atoms with Crippen LogP contribution in [0.15, 0.2) is 29.4 Å². The Kier molecular flexibility index (Phi) is 2.64. The van der Waals surface area contributed by atoms with Crippen LogP contribution in [0.4, 0.5) is 0 Å². The Labute approximate surface area is 68.5 Å². The van der Waals surface area contributed by atoms with Crippen LogP contribution in [0.2, 0.25) is 0 Å². The number of hydrogen-bond acceptors (Lipinski definition) is 1.